The van der Waals surface area contributed by atoms with Gasteiger partial charge in [-0.25, -0.2) is 14.8 Å². The molecule has 2 saturated heterocycles. The highest BCUT2D eigenvalue weighted by Crippen LogP contribution is 2.28. The third-order valence-corrected chi connectivity index (χ3v) is 6.43. The summed E-state index contributed by atoms with van der Waals surface area (Å²) in [5.74, 6) is 0.286. The van der Waals surface area contributed by atoms with E-state index in [0.29, 0.717) is 16.7 Å². The van der Waals surface area contributed by atoms with E-state index >= 15 is 0 Å². The number of rotatable bonds is 5. The van der Waals surface area contributed by atoms with Crippen molar-refractivity contribution in [2.75, 3.05) is 44.7 Å². The third-order valence-electron chi connectivity index (χ3n) is 5.90. The molecule has 1 aromatic heterocycles. The molecule has 0 spiro atoms. The van der Waals surface area contributed by atoms with Crippen LogP contribution >= 0.6 is 15.9 Å². The number of piperazine rings is 1. The Labute approximate surface area is 175 Å². The summed E-state index contributed by atoms with van der Waals surface area (Å²) in [5, 5.41) is 9.79. The van der Waals surface area contributed by atoms with Gasteiger partial charge in [0.05, 0.1) is 13.3 Å². The maximum atomic E-state index is 11.6. The Hall–Kier alpha value is -1.23. The van der Waals surface area contributed by atoms with Gasteiger partial charge in [0.25, 0.3) is 0 Å². The first kappa shape index (κ1) is 21.5. The predicted molar refractivity (Wildman–Crippen MR) is 113 cm³/mol. The number of ether oxygens (including phenoxy) is 1. The summed E-state index contributed by atoms with van der Waals surface area (Å²) in [4.78, 5) is 27.4. The second-order valence-corrected chi connectivity index (χ2v) is 8.26. The highest BCUT2D eigenvalue weighted by Gasteiger charge is 2.35. The van der Waals surface area contributed by atoms with E-state index in [-0.39, 0.29) is 12.7 Å². The smallest absolute Gasteiger partial charge is 0.376 e. The number of esters is 1. The molecule has 0 aromatic carbocycles. The van der Waals surface area contributed by atoms with Gasteiger partial charge in [-0.05, 0) is 55.1 Å². The van der Waals surface area contributed by atoms with Crippen LogP contribution in [-0.2, 0) is 4.74 Å². The Balaban J connectivity index is 1.65. The van der Waals surface area contributed by atoms with Crippen molar-refractivity contribution in [3.63, 3.8) is 0 Å². The molecule has 0 radical (unpaired) electrons. The summed E-state index contributed by atoms with van der Waals surface area (Å²) >= 11 is 3.47. The van der Waals surface area contributed by atoms with Crippen molar-refractivity contribution in [2.24, 2.45) is 0 Å². The van der Waals surface area contributed by atoms with Crippen LogP contribution in [0.3, 0.4) is 0 Å². The van der Waals surface area contributed by atoms with Crippen LogP contribution in [0, 0.1) is 0 Å². The largest absolute Gasteiger partial charge is 0.464 e. The molecule has 2 aliphatic rings. The van der Waals surface area contributed by atoms with E-state index in [1.54, 1.807) is 0 Å². The normalized spacial score (nSPS) is 22.3. The van der Waals surface area contributed by atoms with Gasteiger partial charge in [0.1, 0.15) is 4.60 Å². The van der Waals surface area contributed by atoms with E-state index < -0.39 is 5.97 Å². The number of carbonyl (C=O) groups is 1. The topological polar surface area (TPSA) is 82.0 Å². The molecule has 10 heteroatoms. The second kappa shape index (κ2) is 9.52. The van der Waals surface area contributed by atoms with Crippen LogP contribution in [-0.4, -0.2) is 89.6 Å². The molecule has 0 amide bonds. The molecular formula is C18H29BBrN5O3. The minimum atomic E-state index is -0.487. The fourth-order valence-corrected chi connectivity index (χ4v) is 4.82. The maximum Gasteiger partial charge on any atom is 0.376 e. The van der Waals surface area contributed by atoms with Crippen molar-refractivity contribution >= 4 is 34.8 Å². The van der Waals surface area contributed by atoms with Gasteiger partial charge in [0, 0.05) is 31.7 Å². The molecule has 0 saturated carbocycles. The number of carbonyl (C=O) groups excluding carboxylic acids is 1. The number of anilines is 1. The predicted octanol–water partition coefficient (Wildman–Crippen LogP) is 1.50. The molecule has 2 aliphatic heterocycles. The van der Waals surface area contributed by atoms with Gasteiger partial charge in [-0.3, -0.25) is 4.90 Å². The molecule has 1 aromatic rings. The Morgan fingerprint density at radius 1 is 1.36 bits per heavy atom. The Kier molecular flexibility index (Phi) is 7.30. The minimum absolute atomic E-state index is 0.202. The first-order valence-electron chi connectivity index (χ1n) is 9.98. The number of aromatic nitrogens is 2. The maximum absolute atomic E-state index is 11.6. The Morgan fingerprint density at radius 3 is 2.64 bits per heavy atom. The van der Waals surface area contributed by atoms with Crippen LogP contribution in [0.15, 0.2) is 10.8 Å². The van der Waals surface area contributed by atoms with Gasteiger partial charge in [-0.2, -0.15) is 0 Å². The fraction of sp³-hybridized carbons (Fsp3) is 0.722. The summed E-state index contributed by atoms with van der Waals surface area (Å²) < 4.78 is 5.29. The van der Waals surface area contributed by atoms with E-state index in [1.165, 1.54) is 13.3 Å². The summed E-state index contributed by atoms with van der Waals surface area (Å²) in [7, 11) is 0.978. The summed E-state index contributed by atoms with van der Waals surface area (Å²) in [6.07, 6.45) is 4.74. The molecule has 154 valence electrons. The summed E-state index contributed by atoms with van der Waals surface area (Å²) in [6, 6.07) is 1.02. The average molecular weight is 454 g/mol. The number of hydrogen-bond acceptors (Lipinski definition) is 8. The molecule has 2 fully saturated rings. The standard InChI is InChI=1S/C18H29BBrN5O3/c1-4-13-12-23(17-16(20)22-15(11-21-17)18(26)28-3)9-10-25(13)14-5-7-24(8-6-14)19(2)27/h11,13-14,27H,4-10,12H2,1-3H3/t13-/m0/s1. The number of hydrogen-bond donors (Lipinski definition) is 1. The van der Waals surface area contributed by atoms with Gasteiger partial charge in [0.15, 0.2) is 11.5 Å². The van der Waals surface area contributed by atoms with E-state index in [0.717, 1.165) is 57.8 Å². The molecular weight excluding hydrogens is 425 g/mol. The SMILES string of the molecule is CC[C@H]1CN(c2ncc(C(=O)OC)nc2Br)CCN1C1CCN(B(C)O)CC1. The first-order chi connectivity index (χ1) is 13.4. The molecule has 28 heavy (non-hydrogen) atoms. The summed E-state index contributed by atoms with van der Waals surface area (Å²) in [5.41, 5.74) is 0.202. The van der Waals surface area contributed by atoms with E-state index in [1.807, 2.05) is 6.82 Å². The fourth-order valence-electron chi connectivity index (χ4n) is 4.27. The van der Waals surface area contributed by atoms with Crippen molar-refractivity contribution in [1.82, 2.24) is 19.7 Å². The lowest BCUT2D eigenvalue weighted by Crippen LogP contribution is -2.59. The van der Waals surface area contributed by atoms with Crippen LogP contribution in [0.4, 0.5) is 5.82 Å². The van der Waals surface area contributed by atoms with Crippen LogP contribution in [0.1, 0.15) is 36.7 Å². The quantitative estimate of drug-likeness (QED) is 0.530. The zero-order chi connectivity index (χ0) is 20.3. The number of methoxy groups -OCH3 is 1. The van der Waals surface area contributed by atoms with Crippen LogP contribution in [0.25, 0.3) is 0 Å². The lowest BCUT2D eigenvalue weighted by molar-refractivity contribution is 0.0593. The molecule has 3 heterocycles. The minimum Gasteiger partial charge on any atom is -0.464 e. The Morgan fingerprint density at radius 2 is 2.07 bits per heavy atom. The lowest BCUT2D eigenvalue weighted by atomic mass is 9.82. The van der Waals surface area contributed by atoms with Gasteiger partial charge < -0.3 is 19.5 Å². The van der Waals surface area contributed by atoms with Crippen molar-refractivity contribution in [3.05, 3.63) is 16.5 Å². The number of halogens is 1. The van der Waals surface area contributed by atoms with Gasteiger partial charge in [-0.15, -0.1) is 0 Å². The highest BCUT2D eigenvalue weighted by atomic mass is 79.9. The third kappa shape index (κ3) is 4.67. The monoisotopic (exact) mass is 453 g/mol. The number of piperidine rings is 1. The van der Waals surface area contributed by atoms with Crippen LogP contribution in [0.2, 0.25) is 6.82 Å². The van der Waals surface area contributed by atoms with E-state index in [4.69, 9.17) is 4.74 Å². The van der Waals surface area contributed by atoms with E-state index in [9.17, 15) is 9.82 Å². The molecule has 0 aliphatic carbocycles. The van der Waals surface area contributed by atoms with Crippen LogP contribution < -0.4 is 4.90 Å². The molecule has 1 N–H and O–H groups in total. The molecule has 0 bridgehead atoms. The molecule has 0 unspecified atom stereocenters. The Bertz CT molecular complexity index is 687. The zero-order valence-electron chi connectivity index (χ0n) is 16.8. The molecule has 1 atom stereocenters. The van der Waals surface area contributed by atoms with Crippen molar-refractivity contribution in [1.29, 1.82) is 0 Å². The van der Waals surface area contributed by atoms with Gasteiger partial charge >= 0.3 is 13.0 Å². The van der Waals surface area contributed by atoms with Crippen molar-refractivity contribution in [3.8, 4) is 0 Å². The molecule has 8 nitrogen and oxygen atoms in total. The van der Waals surface area contributed by atoms with Gasteiger partial charge in [-0.1, -0.05) is 6.92 Å². The van der Waals surface area contributed by atoms with Crippen LogP contribution in [0.5, 0.6) is 0 Å². The highest BCUT2D eigenvalue weighted by molar-refractivity contribution is 9.10. The zero-order valence-corrected chi connectivity index (χ0v) is 18.4. The second-order valence-electron chi connectivity index (χ2n) is 7.51. The number of nitrogens with zero attached hydrogens (tertiary/aromatic N) is 5. The van der Waals surface area contributed by atoms with Gasteiger partial charge in [0.2, 0.25) is 0 Å². The van der Waals surface area contributed by atoms with E-state index in [2.05, 4.69) is 47.4 Å². The van der Waals surface area contributed by atoms with Crippen molar-refractivity contribution in [2.45, 2.75) is 45.1 Å². The molecule has 3 rings (SSSR count). The first-order valence-corrected chi connectivity index (χ1v) is 10.8. The van der Waals surface area contributed by atoms with Crippen molar-refractivity contribution < 1.29 is 14.6 Å². The lowest BCUT2D eigenvalue weighted by Gasteiger charge is -2.48. The summed E-state index contributed by atoms with van der Waals surface area (Å²) in [6.45, 7) is 8.71. The average Bonchev–Trinajstić information content (AvgIpc) is 2.72.